The average Bonchev–Trinajstić information content (AvgIpc) is 3.25. The number of fused-ring (bicyclic) bond motifs is 1. The summed E-state index contributed by atoms with van der Waals surface area (Å²) in [5, 5.41) is -0.503. The van der Waals surface area contributed by atoms with Crippen LogP contribution in [0.25, 0.3) is 0 Å². The number of hydrogen-bond donors (Lipinski definition) is 0. The highest BCUT2D eigenvalue weighted by Crippen LogP contribution is 2.50. The quantitative estimate of drug-likeness (QED) is 0.368. The van der Waals surface area contributed by atoms with Crippen molar-refractivity contribution in [3.05, 3.63) is 107 Å². The van der Waals surface area contributed by atoms with Gasteiger partial charge in [-0.25, -0.2) is 17.1 Å². The molecule has 0 amide bonds. The van der Waals surface area contributed by atoms with Crippen molar-refractivity contribution < 1.29 is 22.3 Å². The molecule has 182 valence electrons. The fraction of sp³-hybridized carbons (Fsp3) is 0.259. The van der Waals surface area contributed by atoms with E-state index in [0.717, 1.165) is 19.3 Å². The number of sulfonamides is 1. The van der Waals surface area contributed by atoms with E-state index in [1.807, 2.05) is 6.07 Å². The first-order chi connectivity index (χ1) is 16.8. The normalized spacial score (nSPS) is 21.0. The number of ether oxygens (including phenoxy) is 2. The molecule has 8 heteroatoms. The number of halogens is 2. The Hall–Kier alpha value is -2.87. The lowest BCUT2D eigenvalue weighted by Gasteiger charge is -2.29. The summed E-state index contributed by atoms with van der Waals surface area (Å²) in [6.07, 6.45) is 4.18. The fourth-order valence-electron chi connectivity index (χ4n) is 4.69. The van der Waals surface area contributed by atoms with E-state index in [1.165, 1.54) is 18.2 Å². The predicted molar refractivity (Wildman–Crippen MR) is 134 cm³/mol. The molecule has 0 radical (unpaired) electrons. The van der Waals surface area contributed by atoms with E-state index in [0.29, 0.717) is 46.3 Å². The second-order valence-corrected chi connectivity index (χ2v) is 11.1. The molecule has 5 rings (SSSR count). The summed E-state index contributed by atoms with van der Waals surface area (Å²) >= 11 is 6.54. The predicted octanol–water partition coefficient (Wildman–Crippen LogP) is 6.19. The Kier molecular flexibility index (Phi) is 6.34. The summed E-state index contributed by atoms with van der Waals surface area (Å²) in [6, 6.07) is 18.0. The van der Waals surface area contributed by atoms with Gasteiger partial charge < -0.3 is 9.47 Å². The van der Waals surface area contributed by atoms with Crippen molar-refractivity contribution in [1.29, 1.82) is 0 Å². The number of hydrogen-bond acceptors (Lipinski definition) is 4. The molecule has 0 aromatic heterocycles. The van der Waals surface area contributed by atoms with Crippen LogP contribution in [0.5, 0.6) is 11.5 Å². The third-order valence-electron chi connectivity index (χ3n) is 6.47. The van der Waals surface area contributed by atoms with Crippen molar-refractivity contribution >= 4 is 21.6 Å². The van der Waals surface area contributed by atoms with Crippen LogP contribution >= 0.6 is 11.6 Å². The molecule has 3 aromatic carbocycles. The summed E-state index contributed by atoms with van der Waals surface area (Å²) in [6.45, 7) is 4.83. The molecule has 2 heterocycles. The van der Waals surface area contributed by atoms with E-state index in [9.17, 15) is 12.8 Å². The second kappa shape index (κ2) is 9.30. The molecule has 35 heavy (non-hydrogen) atoms. The maximum atomic E-state index is 13.7. The Bertz CT molecular complexity index is 1360. The van der Waals surface area contributed by atoms with Gasteiger partial charge in [-0.3, -0.25) is 0 Å². The van der Waals surface area contributed by atoms with Crippen LogP contribution in [0.2, 0.25) is 5.02 Å². The summed E-state index contributed by atoms with van der Waals surface area (Å²) in [5.74, 6) is -1.05. The van der Waals surface area contributed by atoms with Gasteiger partial charge in [0.15, 0.2) is 11.5 Å². The van der Waals surface area contributed by atoms with Gasteiger partial charge in [0, 0.05) is 18.7 Å². The highest BCUT2D eigenvalue weighted by Gasteiger charge is 2.47. The Morgan fingerprint density at radius 3 is 2.34 bits per heavy atom. The monoisotopic (exact) mass is 513 g/mol. The third kappa shape index (κ3) is 4.22. The third-order valence-corrected chi connectivity index (χ3v) is 8.99. The topological polar surface area (TPSA) is 55.8 Å². The SMILES string of the molecule is C=CC(c1ccc2c(c1)OC(c1ccc(F)cc1)(c1ccccc1Cl)O2)S(=O)(=O)N1CCCCC1. The Balaban J connectivity index is 1.56. The molecule has 2 aliphatic heterocycles. The van der Waals surface area contributed by atoms with Gasteiger partial charge in [-0.1, -0.05) is 42.3 Å². The van der Waals surface area contributed by atoms with Gasteiger partial charge >= 0.3 is 5.79 Å². The molecule has 2 unspecified atom stereocenters. The highest BCUT2D eigenvalue weighted by molar-refractivity contribution is 7.89. The van der Waals surface area contributed by atoms with E-state index in [2.05, 4.69) is 6.58 Å². The van der Waals surface area contributed by atoms with Gasteiger partial charge in [0.1, 0.15) is 11.1 Å². The van der Waals surface area contributed by atoms with E-state index in [1.54, 1.807) is 52.8 Å². The molecule has 3 aromatic rings. The zero-order chi connectivity index (χ0) is 24.6. The smallest absolute Gasteiger partial charge is 0.307 e. The zero-order valence-corrected chi connectivity index (χ0v) is 20.6. The van der Waals surface area contributed by atoms with E-state index >= 15 is 0 Å². The van der Waals surface area contributed by atoms with Crippen molar-refractivity contribution in [1.82, 2.24) is 4.31 Å². The minimum Gasteiger partial charge on any atom is -0.440 e. The Labute approximate surface area is 209 Å². The van der Waals surface area contributed by atoms with Crippen molar-refractivity contribution in [3.63, 3.8) is 0 Å². The van der Waals surface area contributed by atoms with Crippen LogP contribution in [0.3, 0.4) is 0 Å². The second-order valence-electron chi connectivity index (χ2n) is 8.67. The molecular weight excluding hydrogens is 489 g/mol. The maximum Gasteiger partial charge on any atom is 0.307 e. The van der Waals surface area contributed by atoms with Crippen molar-refractivity contribution in [2.75, 3.05) is 13.1 Å². The molecule has 0 aliphatic carbocycles. The maximum absolute atomic E-state index is 13.7. The molecule has 0 spiro atoms. The highest BCUT2D eigenvalue weighted by atomic mass is 35.5. The number of nitrogens with zero attached hydrogens (tertiary/aromatic N) is 1. The van der Waals surface area contributed by atoms with Crippen LogP contribution in [0.4, 0.5) is 4.39 Å². The van der Waals surface area contributed by atoms with Gasteiger partial charge in [-0.15, -0.1) is 6.58 Å². The largest absolute Gasteiger partial charge is 0.440 e. The van der Waals surface area contributed by atoms with Crippen molar-refractivity contribution in [2.45, 2.75) is 30.3 Å². The van der Waals surface area contributed by atoms with Gasteiger partial charge in [0.2, 0.25) is 10.0 Å². The van der Waals surface area contributed by atoms with Crippen LogP contribution < -0.4 is 9.47 Å². The summed E-state index contributed by atoms with van der Waals surface area (Å²) in [4.78, 5) is 0. The zero-order valence-electron chi connectivity index (χ0n) is 19.0. The van der Waals surface area contributed by atoms with Gasteiger partial charge in [0.05, 0.1) is 10.6 Å². The van der Waals surface area contributed by atoms with Gasteiger partial charge in [-0.05, 0) is 66.9 Å². The van der Waals surface area contributed by atoms with E-state index in [-0.39, 0.29) is 0 Å². The van der Waals surface area contributed by atoms with E-state index < -0.39 is 26.9 Å². The molecule has 0 bridgehead atoms. The molecule has 0 saturated carbocycles. The summed E-state index contributed by atoms with van der Waals surface area (Å²) in [5.41, 5.74) is 1.63. The first kappa shape index (κ1) is 23.9. The lowest BCUT2D eigenvalue weighted by Crippen LogP contribution is -2.38. The molecular formula is C27H25ClFNO4S. The fourth-order valence-corrected chi connectivity index (χ4v) is 6.77. The van der Waals surface area contributed by atoms with Crippen LogP contribution in [-0.4, -0.2) is 25.8 Å². The lowest BCUT2D eigenvalue weighted by atomic mass is 9.97. The van der Waals surface area contributed by atoms with Gasteiger partial charge in [0.25, 0.3) is 0 Å². The number of rotatable bonds is 6. The molecule has 1 saturated heterocycles. The van der Waals surface area contributed by atoms with Crippen LogP contribution in [0.15, 0.2) is 79.4 Å². The molecule has 2 atom stereocenters. The standard InChI is InChI=1S/C27H25ClFNO4S/c1-2-26(35(31,32)30-16-6-3-7-17-30)19-10-15-24-25(18-19)34-27(33-24,20-11-13-21(29)14-12-20)22-8-4-5-9-23(22)28/h2,4-5,8-15,18,26H,1,3,6-7,16-17H2. The Morgan fingerprint density at radius 2 is 1.66 bits per heavy atom. The molecule has 5 nitrogen and oxygen atoms in total. The van der Waals surface area contributed by atoms with Crippen LogP contribution in [-0.2, 0) is 15.8 Å². The molecule has 2 aliphatic rings. The average molecular weight is 514 g/mol. The molecule has 0 N–H and O–H groups in total. The van der Waals surface area contributed by atoms with Gasteiger partial charge in [-0.2, -0.15) is 0 Å². The van der Waals surface area contributed by atoms with Crippen molar-refractivity contribution in [3.8, 4) is 11.5 Å². The van der Waals surface area contributed by atoms with Crippen LogP contribution in [0, 0.1) is 5.82 Å². The number of benzene rings is 3. The first-order valence-corrected chi connectivity index (χ1v) is 13.4. The number of piperidine rings is 1. The Morgan fingerprint density at radius 1 is 0.971 bits per heavy atom. The first-order valence-electron chi connectivity index (χ1n) is 11.5. The van der Waals surface area contributed by atoms with Crippen LogP contribution in [0.1, 0.15) is 41.2 Å². The van der Waals surface area contributed by atoms with Crippen molar-refractivity contribution in [2.24, 2.45) is 0 Å². The van der Waals surface area contributed by atoms with E-state index in [4.69, 9.17) is 21.1 Å². The summed E-state index contributed by atoms with van der Waals surface area (Å²) < 4.78 is 54.8. The summed E-state index contributed by atoms with van der Waals surface area (Å²) in [7, 11) is -3.63. The minimum atomic E-state index is -3.63. The molecule has 1 fully saturated rings. The minimum absolute atomic E-state index is 0.368. The lowest BCUT2D eigenvalue weighted by molar-refractivity contribution is -0.0458.